The Bertz CT molecular complexity index is 509. The number of nitrogens with two attached hydrogens (primary N) is 1. The summed E-state index contributed by atoms with van der Waals surface area (Å²) in [6.45, 7) is 7.73. The molecule has 2 N–H and O–H groups in total. The van der Waals surface area contributed by atoms with E-state index in [1.54, 1.807) is 6.07 Å². The number of hydrogen-bond acceptors (Lipinski definition) is 3. The molecule has 102 valence electrons. The molecule has 0 bridgehead atoms. The molecule has 0 saturated carbocycles. The molecule has 2 atom stereocenters. The van der Waals surface area contributed by atoms with Gasteiger partial charge in [-0.05, 0) is 37.0 Å². The highest BCUT2D eigenvalue weighted by Crippen LogP contribution is 2.20. The van der Waals surface area contributed by atoms with Gasteiger partial charge in [-0.2, -0.15) is 0 Å². The fourth-order valence-corrected chi connectivity index (χ4v) is 3.79. The summed E-state index contributed by atoms with van der Waals surface area (Å²) in [6.07, 6.45) is 0.892. The van der Waals surface area contributed by atoms with Gasteiger partial charge in [0, 0.05) is 6.04 Å². The molecule has 18 heavy (non-hydrogen) atoms. The van der Waals surface area contributed by atoms with Crippen LogP contribution in [0.3, 0.4) is 0 Å². The third kappa shape index (κ3) is 3.56. The molecule has 0 spiro atoms. The zero-order chi connectivity index (χ0) is 13.9. The van der Waals surface area contributed by atoms with Crippen molar-refractivity contribution in [2.45, 2.75) is 45.1 Å². The fraction of sp³-hybridized carbons (Fsp3) is 0.571. The normalized spacial score (nSPS) is 15.4. The Hall–Kier alpha value is -0.870. The lowest BCUT2D eigenvalue weighted by molar-refractivity contribution is 0.466. The Morgan fingerprint density at radius 3 is 2.44 bits per heavy atom. The Labute approximate surface area is 110 Å². The van der Waals surface area contributed by atoms with Gasteiger partial charge in [0.2, 0.25) is 0 Å². The predicted molar refractivity (Wildman–Crippen MR) is 75.4 cm³/mol. The molecule has 0 saturated heterocycles. The summed E-state index contributed by atoms with van der Waals surface area (Å²) in [5, 5.41) is 0. The van der Waals surface area contributed by atoms with Crippen LogP contribution in [0.2, 0.25) is 0 Å². The van der Waals surface area contributed by atoms with Crippen molar-refractivity contribution in [2.24, 2.45) is 11.7 Å². The summed E-state index contributed by atoms with van der Waals surface area (Å²) < 4.78 is 24.7. The first-order chi connectivity index (χ1) is 8.27. The zero-order valence-electron chi connectivity index (χ0n) is 11.6. The highest BCUT2D eigenvalue weighted by molar-refractivity contribution is 7.91. The number of sulfone groups is 1. The molecule has 0 amide bonds. The summed E-state index contributed by atoms with van der Waals surface area (Å²) in [5.41, 5.74) is 7.70. The average molecular weight is 269 g/mol. The monoisotopic (exact) mass is 269 g/mol. The summed E-state index contributed by atoms with van der Waals surface area (Å²) in [5.74, 6) is 0.233. The van der Waals surface area contributed by atoms with E-state index in [0.717, 1.165) is 17.5 Å². The first-order valence-electron chi connectivity index (χ1n) is 6.33. The number of hydrogen-bond donors (Lipinski definition) is 1. The van der Waals surface area contributed by atoms with E-state index < -0.39 is 9.84 Å². The third-order valence-corrected chi connectivity index (χ3v) is 5.40. The second-order valence-electron chi connectivity index (χ2n) is 5.10. The molecule has 0 fully saturated rings. The van der Waals surface area contributed by atoms with Crippen LogP contribution >= 0.6 is 0 Å². The maximum Gasteiger partial charge on any atom is 0.180 e. The molecule has 1 aromatic carbocycles. The summed E-state index contributed by atoms with van der Waals surface area (Å²) in [6, 6.07) is 5.19. The van der Waals surface area contributed by atoms with Gasteiger partial charge in [-0.25, -0.2) is 8.42 Å². The lowest BCUT2D eigenvalue weighted by atomic mass is 10.0. The Kier molecular flexibility index (Phi) is 4.93. The Balaban J connectivity index is 3.03. The van der Waals surface area contributed by atoms with Crippen molar-refractivity contribution in [3.8, 4) is 0 Å². The minimum Gasteiger partial charge on any atom is -0.327 e. The van der Waals surface area contributed by atoms with Crippen LogP contribution in [0.15, 0.2) is 23.1 Å². The topological polar surface area (TPSA) is 60.2 Å². The maximum absolute atomic E-state index is 12.4. The van der Waals surface area contributed by atoms with Crippen LogP contribution < -0.4 is 5.73 Å². The molecule has 3 nitrogen and oxygen atoms in total. The SMILES string of the molecule is CCC(C)C(N)CS(=O)(=O)c1cc(C)ccc1C. The van der Waals surface area contributed by atoms with E-state index >= 15 is 0 Å². The van der Waals surface area contributed by atoms with Crippen molar-refractivity contribution in [1.29, 1.82) is 0 Å². The van der Waals surface area contributed by atoms with Gasteiger partial charge in [0.15, 0.2) is 9.84 Å². The fourth-order valence-electron chi connectivity index (χ4n) is 1.85. The molecule has 0 heterocycles. The van der Waals surface area contributed by atoms with E-state index in [-0.39, 0.29) is 17.7 Å². The van der Waals surface area contributed by atoms with Crippen molar-refractivity contribution >= 4 is 9.84 Å². The van der Waals surface area contributed by atoms with Crippen LogP contribution in [-0.4, -0.2) is 20.2 Å². The van der Waals surface area contributed by atoms with Gasteiger partial charge in [-0.1, -0.05) is 32.4 Å². The minimum atomic E-state index is -3.29. The molecular weight excluding hydrogens is 246 g/mol. The van der Waals surface area contributed by atoms with Crippen LogP contribution in [-0.2, 0) is 9.84 Å². The summed E-state index contributed by atoms with van der Waals surface area (Å²) >= 11 is 0. The van der Waals surface area contributed by atoms with Gasteiger partial charge in [0.05, 0.1) is 10.6 Å². The zero-order valence-corrected chi connectivity index (χ0v) is 12.4. The van der Waals surface area contributed by atoms with E-state index in [9.17, 15) is 8.42 Å². The van der Waals surface area contributed by atoms with E-state index in [1.165, 1.54) is 0 Å². The quantitative estimate of drug-likeness (QED) is 0.893. The number of benzene rings is 1. The van der Waals surface area contributed by atoms with Gasteiger partial charge in [-0.15, -0.1) is 0 Å². The third-order valence-electron chi connectivity index (χ3n) is 3.47. The maximum atomic E-state index is 12.4. The van der Waals surface area contributed by atoms with Crippen LogP contribution in [0.4, 0.5) is 0 Å². The molecule has 0 aliphatic heterocycles. The largest absolute Gasteiger partial charge is 0.327 e. The smallest absolute Gasteiger partial charge is 0.180 e. The summed E-state index contributed by atoms with van der Waals surface area (Å²) in [4.78, 5) is 0.418. The minimum absolute atomic E-state index is 0.0201. The molecular formula is C14H23NO2S. The second-order valence-corrected chi connectivity index (χ2v) is 7.10. The highest BCUT2D eigenvalue weighted by Gasteiger charge is 2.23. The molecule has 1 aromatic rings. The van der Waals surface area contributed by atoms with Gasteiger partial charge in [-0.3, -0.25) is 0 Å². The van der Waals surface area contributed by atoms with Gasteiger partial charge < -0.3 is 5.73 Å². The molecule has 1 rings (SSSR count). The van der Waals surface area contributed by atoms with Crippen molar-refractivity contribution in [2.75, 3.05) is 5.75 Å². The molecule has 0 radical (unpaired) electrons. The van der Waals surface area contributed by atoms with Crippen molar-refractivity contribution in [3.05, 3.63) is 29.3 Å². The van der Waals surface area contributed by atoms with E-state index in [1.807, 2.05) is 39.8 Å². The van der Waals surface area contributed by atoms with Gasteiger partial charge >= 0.3 is 0 Å². The standard InChI is InChI=1S/C14H23NO2S/c1-5-11(3)13(15)9-18(16,17)14-8-10(2)6-7-12(14)4/h6-8,11,13H,5,9,15H2,1-4H3. The van der Waals surface area contributed by atoms with Gasteiger partial charge in [0.1, 0.15) is 0 Å². The first kappa shape index (κ1) is 15.2. The lowest BCUT2D eigenvalue weighted by Gasteiger charge is -2.19. The summed E-state index contributed by atoms with van der Waals surface area (Å²) in [7, 11) is -3.29. The van der Waals surface area contributed by atoms with Crippen LogP contribution in [0.5, 0.6) is 0 Å². The van der Waals surface area contributed by atoms with E-state index in [0.29, 0.717) is 4.90 Å². The van der Waals surface area contributed by atoms with Crippen LogP contribution in [0, 0.1) is 19.8 Å². The van der Waals surface area contributed by atoms with E-state index in [2.05, 4.69) is 0 Å². The Morgan fingerprint density at radius 2 is 1.89 bits per heavy atom. The highest BCUT2D eigenvalue weighted by atomic mass is 32.2. The number of aryl methyl sites for hydroxylation is 2. The molecule has 2 unspecified atom stereocenters. The predicted octanol–water partition coefficient (Wildman–Crippen LogP) is 2.45. The van der Waals surface area contributed by atoms with Crippen molar-refractivity contribution in [1.82, 2.24) is 0 Å². The molecule has 4 heteroatoms. The molecule has 0 aliphatic carbocycles. The number of rotatable bonds is 5. The first-order valence-corrected chi connectivity index (χ1v) is 7.98. The van der Waals surface area contributed by atoms with E-state index in [4.69, 9.17) is 5.73 Å². The van der Waals surface area contributed by atoms with Crippen LogP contribution in [0.1, 0.15) is 31.4 Å². The van der Waals surface area contributed by atoms with Crippen LogP contribution in [0.25, 0.3) is 0 Å². The molecule has 0 aromatic heterocycles. The van der Waals surface area contributed by atoms with Gasteiger partial charge in [0.25, 0.3) is 0 Å². The molecule has 0 aliphatic rings. The average Bonchev–Trinajstić information content (AvgIpc) is 2.30. The van der Waals surface area contributed by atoms with Crippen molar-refractivity contribution in [3.63, 3.8) is 0 Å². The lowest BCUT2D eigenvalue weighted by Crippen LogP contribution is -2.35. The Morgan fingerprint density at radius 1 is 1.28 bits per heavy atom. The second kappa shape index (κ2) is 5.85. The van der Waals surface area contributed by atoms with Crippen molar-refractivity contribution < 1.29 is 8.42 Å².